The van der Waals surface area contributed by atoms with Crippen molar-refractivity contribution in [2.45, 2.75) is 52.1 Å². The maximum atomic E-state index is 5.55. The lowest BCUT2D eigenvalue weighted by Crippen LogP contribution is -2.44. The van der Waals surface area contributed by atoms with Crippen LogP contribution in [-0.2, 0) is 6.54 Å². The van der Waals surface area contributed by atoms with Crippen LogP contribution in [-0.4, -0.2) is 40.4 Å². The summed E-state index contributed by atoms with van der Waals surface area (Å²) in [5, 5.41) is 6.96. The molecule has 0 aromatic heterocycles. The first-order valence-electron chi connectivity index (χ1n) is 9.79. The largest absolute Gasteiger partial charge is 0.493 e. The first-order valence-corrected chi connectivity index (χ1v) is 9.79. The highest BCUT2D eigenvalue weighted by Gasteiger charge is 2.24. The van der Waals surface area contributed by atoms with Gasteiger partial charge in [0, 0.05) is 25.2 Å². The standard InChI is InChI=1S/C21H35N3O3.HI/c1-14(2)15-7-10-17(11-8-15)24-21(22-3)23-13-16-9-12-18(25-4)20(27-6)19(16)26-5;/h9,12,14-15,17H,7-8,10-11,13H2,1-6H3,(H2,22,23,24);1H. The second-order valence-corrected chi connectivity index (χ2v) is 7.42. The molecule has 0 spiro atoms. The molecular formula is C21H36IN3O3. The number of hydrogen-bond donors (Lipinski definition) is 2. The highest BCUT2D eigenvalue weighted by atomic mass is 127. The van der Waals surface area contributed by atoms with Crippen LogP contribution in [0.3, 0.4) is 0 Å². The fraction of sp³-hybridized carbons (Fsp3) is 0.667. The number of methoxy groups -OCH3 is 3. The van der Waals surface area contributed by atoms with Crippen molar-refractivity contribution in [1.82, 2.24) is 10.6 Å². The van der Waals surface area contributed by atoms with Crippen LogP contribution < -0.4 is 24.8 Å². The molecule has 6 nitrogen and oxygen atoms in total. The predicted molar refractivity (Wildman–Crippen MR) is 125 cm³/mol. The zero-order chi connectivity index (χ0) is 19.8. The SMILES string of the molecule is CN=C(NCc1ccc(OC)c(OC)c1OC)NC1CCC(C(C)C)CC1.I. The number of ether oxygens (including phenoxy) is 3. The zero-order valence-electron chi connectivity index (χ0n) is 18.0. The van der Waals surface area contributed by atoms with Crippen molar-refractivity contribution in [2.75, 3.05) is 28.4 Å². The minimum Gasteiger partial charge on any atom is -0.493 e. The van der Waals surface area contributed by atoms with Crippen LogP contribution >= 0.6 is 24.0 Å². The summed E-state index contributed by atoms with van der Waals surface area (Å²) in [5.74, 6) is 4.39. The Kier molecular flexibility index (Phi) is 10.8. The number of guanidine groups is 1. The molecule has 0 aliphatic heterocycles. The number of nitrogens with one attached hydrogen (secondary N) is 2. The topological polar surface area (TPSA) is 64.1 Å². The van der Waals surface area contributed by atoms with Crippen LogP contribution in [0.25, 0.3) is 0 Å². The molecule has 0 unspecified atom stereocenters. The van der Waals surface area contributed by atoms with E-state index in [1.54, 1.807) is 28.4 Å². The van der Waals surface area contributed by atoms with E-state index in [2.05, 4.69) is 29.5 Å². The van der Waals surface area contributed by atoms with Gasteiger partial charge in [-0.15, -0.1) is 24.0 Å². The minimum absolute atomic E-state index is 0. The summed E-state index contributed by atoms with van der Waals surface area (Å²) in [6.07, 6.45) is 4.97. The smallest absolute Gasteiger partial charge is 0.203 e. The Morgan fingerprint density at radius 1 is 1.04 bits per heavy atom. The first-order chi connectivity index (χ1) is 13.0. The molecule has 0 heterocycles. The monoisotopic (exact) mass is 505 g/mol. The fourth-order valence-electron chi connectivity index (χ4n) is 3.80. The van der Waals surface area contributed by atoms with Gasteiger partial charge in [0.25, 0.3) is 0 Å². The zero-order valence-corrected chi connectivity index (χ0v) is 20.3. The van der Waals surface area contributed by atoms with Crippen molar-refractivity contribution >= 4 is 29.9 Å². The molecule has 2 rings (SSSR count). The van der Waals surface area contributed by atoms with Crippen molar-refractivity contribution < 1.29 is 14.2 Å². The van der Waals surface area contributed by atoms with Gasteiger partial charge in [-0.1, -0.05) is 13.8 Å². The van der Waals surface area contributed by atoms with Crippen LogP contribution in [0.2, 0.25) is 0 Å². The predicted octanol–water partition coefficient (Wildman–Crippen LogP) is 4.21. The molecule has 1 aromatic carbocycles. The number of aliphatic imine (C=N–C) groups is 1. The number of hydrogen-bond acceptors (Lipinski definition) is 4. The fourth-order valence-corrected chi connectivity index (χ4v) is 3.80. The summed E-state index contributed by atoms with van der Waals surface area (Å²) in [4.78, 5) is 4.38. The first kappa shape index (κ1) is 24.7. The van der Waals surface area contributed by atoms with E-state index >= 15 is 0 Å². The van der Waals surface area contributed by atoms with E-state index in [4.69, 9.17) is 14.2 Å². The number of rotatable bonds is 7. The second-order valence-electron chi connectivity index (χ2n) is 7.42. The minimum atomic E-state index is 0. The summed E-state index contributed by atoms with van der Waals surface area (Å²) < 4.78 is 16.4. The van der Waals surface area contributed by atoms with Crippen molar-refractivity contribution in [3.05, 3.63) is 17.7 Å². The molecule has 1 fully saturated rings. The van der Waals surface area contributed by atoms with Crippen LogP contribution in [0.1, 0.15) is 45.1 Å². The van der Waals surface area contributed by atoms with Gasteiger partial charge in [0.1, 0.15) is 0 Å². The van der Waals surface area contributed by atoms with E-state index in [0.29, 0.717) is 29.8 Å². The number of nitrogens with zero attached hydrogens (tertiary/aromatic N) is 1. The third kappa shape index (κ3) is 6.32. The number of benzene rings is 1. The molecule has 0 amide bonds. The van der Waals surface area contributed by atoms with Crippen LogP contribution in [0.5, 0.6) is 17.2 Å². The lowest BCUT2D eigenvalue weighted by Gasteiger charge is -2.32. The van der Waals surface area contributed by atoms with E-state index in [1.807, 2.05) is 12.1 Å². The molecule has 0 bridgehead atoms. The molecular weight excluding hydrogens is 469 g/mol. The van der Waals surface area contributed by atoms with Gasteiger partial charge < -0.3 is 24.8 Å². The van der Waals surface area contributed by atoms with Crippen LogP contribution in [0, 0.1) is 11.8 Å². The molecule has 160 valence electrons. The maximum Gasteiger partial charge on any atom is 0.203 e. The quantitative estimate of drug-likeness (QED) is 0.330. The summed E-state index contributed by atoms with van der Waals surface area (Å²) in [6, 6.07) is 4.36. The molecule has 1 aromatic rings. The Bertz CT molecular complexity index is 630. The Morgan fingerprint density at radius 2 is 1.68 bits per heavy atom. The van der Waals surface area contributed by atoms with Gasteiger partial charge in [0.05, 0.1) is 21.3 Å². The van der Waals surface area contributed by atoms with Crippen LogP contribution in [0.15, 0.2) is 17.1 Å². The lowest BCUT2D eigenvalue weighted by molar-refractivity contribution is 0.250. The van der Waals surface area contributed by atoms with E-state index < -0.39 is 0 Å². The van der Waals surface area contributed by atoms with Gasteiger partial charge >= 0.3 is 0 Å². The highest BCUT2D eigenvalue weighted by Crippen LogP contribution is 2.39. The maximum absolute atomic E-state index is 5.55. The number of halogens is 1. The van der Waals surface area contributed by atoms with Crippen molar-refractivity contribution in [3.8, 4) is 17.2 Å². The molecule has 28 heavy (non-hydrogen) atoms. The van der Waals surface area contributed by atoms with E-state index in [1.165, 1.54) is 25.7 Å². The molecule has 1 aliphatic rings. The van der Waals surface area contributed by atoms with Crippen molar-refractivity contribution in [3.63, 3.8) is 0 Å². The summed E-state index contributed by atoms with van der Waals surface area (Å²) >= 11 is 0. The molecule has 0 saturated heterocycles. The molecule has 7 heteroatoms. The second kappa shape index (κ2) is 12.2. The van der Waals surface area contributed by atoms with Gasteiger partial charge in [-0.05, 0) is 49.7 Å². The average Bonchev–Trinajstić information content (AvgIpc) is 2.70. The van der Waals surface area contributed by atoms with Gasteiger partial charge in [0.2, 0.25) is 5.75 Å². The van der Waals surface area contributed by atoms with E-state index in [9.17, 15) is 0 Å². The molecule has 0 atom stereocenters. The van der Waals surface area contributed by atoms with Gasteiger partial charge in [-0.25, -0.2) is 0 Å². The van der Waals surface area contributed by atoms with Crippen molar-refractivity contribution in [1.29, 1.82) is 0 Å². The van der Waals surface area contributed by atoms with Crippen molar-refractivity contribution in [2.24, 2.45) is 16.8 Å². The third-order valence-corrected chi connectivity index (χ3v) is 5.51. The van der Waals surface area contributed by atoms with Gasteiger partial charge in [-0.2, -0.15) is 0 Å². The Morgan fingerprint density at radius 3 is 2.18 bits per heavy atom. The normalized spacial score (nSPS) is 19.6. The highest BCUT2D eigenvalue weighted by molar-refractivity contribution is 14.0. The van der Waals surface area contributed by atoms with E-state index in [0.717, 1.165) is 23.4 Å². The Hall–Kier alpha value is -1.38. The molecule has 0 radical (unpaired) electrons. The van der Waals surface area contributed by atoms with E-state index in [-0.39, 0.29) is 24.0 Å². The van der Waals surface area contributed by atoms with Gasteiger partial charge in [0.15, 0.2) is 17.5 Å². The molecule has 2 N–H and O–H groups in total. The summed E-state index contributed by atoms with van der Waals surface area (Å²) in [7, 11) is 6.68. The molecule has 1 aliphatic carbocycles. The van der Waals surface area contributed by atoms with Gasteiger partial charge in [-0.3, -0.25) is 4.99 Å². The Balaban J connectivity index is 0.00000392. The Labute approximate surface area is 186 Å². The molecule has 1 saturated carbocycles. The average molecular weight is 505 g/mol. The summed E-state index contributed by atoms with van der Waals surface area (Å²) in [6.45, 7) is 5.25. The third-order valence-electron chi connectivity index (χ3n) is 5.51. The lowest BCUT2D eigenvalue weighted by atomic mass is 9.80. The summed E-state index contributed by atoms with van der Waals surface area (Å²) in [5.41, 5.74) is 0.988. The van der Waals surface area contributed by atoms with Crippen LogP contribution in [0.4, 0.5) is 0 Å².